The summed E-state index contributed by atoms with van der Waals surface area (Å²) in [4.78, 5) is 12.3. The smallest absolute Gasteiger partial charge is 0.255 e. The van der Waals surface area contributed by atoms with Crippen LogP contribution in [0.5, 0.6) is 5.75 Å². The topological polar surface area (TPSA) is 50.4 Å². The lowest BCUT2D eigenvalue weighted by molar-refractivity contribution is 0.0947. The van der Waals surface area contributed by atoms with E-state index in [-0.39, 0.29) is 5.91 Å². The maximum atomic E-state index is 12.3. The number of hydrogen-bond donors (Lipinski definition) is 2. The molecule has 0 spiro atoms. The van der Waals surface area contributed by atoms with Gasteiger partial charge in [0.05, 0.1) is 11.3 Å². The van der Waals surface area contributed by atoms with Gasteiger partial charge in [-0.25, -0.2) is 0 Å². The van der Waals surface area contributed by atoms with Crippen molar-refractivity contribution in [3.05, 3.63) is 58.6 Å². The van der Waals surface area contributed by atoms with Gasteiger partial charge in [-0.3, -0.25) is 4.79 Å². The molecule has 1 amide bonds. The zero-order valence-corrected chi connectivity index (χ0v) is 12.1. The molecule has 0 atom stereocenters. The van der Waals surface area contributed by atoms with Crippen LogP contribution in [0.25, 0.3) is 0 Å². The molecule has 1 heterocycles. The number of anilines is 1. The third-order valence-corrected chi connectivity index (χ3v) is 3.54. The Morgan fingerprint density at radius 1 is 1.24 bits per heavy atom. The first-order chi connectivity index (χ1) is 10.2. The highest BCUT2D eigenvalue weighted by atomic mass is 35.5. The lowest BCUT2D eigenvalue weighted by Gasteiger charge is -2.21. The highest BCUT2D eigenvalue weighted by Crippen LogP contribution is 2.31. The fourth-order valence-electron chi connectivity index (χ4n) is 2.23. The third-order valence-electron chi connectivity index (χ3n) is 3.29. The summed E-state index contributed by atoms with van der Waals surface area (Å²) in [5.41, 5.74) is 2.41. The second-order valence-electron chi connectivity index (χ2n) is 4.77. The maximum Gasteiger partial charge on any atom is 0.255 e. The molecule has 0 aliphatic carbocycles. The van der Waals surface area contributed by atoms with Crippen molar-refractivity contribution in [2.24, 2.45) is 0 Å². The van der Waals surface area contributed by atoms with Gasteiger partial charge in [-0.15, -0.1) is 0 Å². The molecular weight excluding hydrogens is 288 g/mol. The van der Waals surface area contributed by atoms with E-state index in [1.54, 1.807) is 18.2 Å². The molecule has 0 fully saturated rings. The van der Waals surface area contributed by atoms with Crippen molar-refractivity contribution >= 4 is 23.2 Å². The summed E-state index contributed by atoms with van der Waals surface area (Å²) in [5, 5.41) is 6.80. The molecule has 0 saturated heterocycles. The average molecular weight is 303 g/mol. The van der Waals surface area contributed by atoms with E-state index in [9.17, 15) is 4.79 Å². The molecule has 2 N–H and O–H groups in total. The minimum Gasteiger partial charge on any atom is -0.489 e. The molecule has 3 rings (SSSR count). The first-order valence-corrected chi connectivity index (χ1v) is 7.14. The Balaban J connectivity index is 1.72. The van der Waals surface area contributed by atoms with Crippen LogP contribution >= 0.6 is 11.6 Å². The first-order valence-electron chi connectivity index (χ1n) is 6.76. The highest BCUT2D eigenvalue weighted by Gasteiger charge is 2.18. The summed E-state index contributed by atoms with van der Waals surface area (Å²) in [6.45, 7) is 1.77. The number of halogens is 1. The van der Waals surface area contributed by atoms with Crippen LogP contribution in [0, 0.1) is 0 Å². The van der Waals surface area contributed by atoms with Crippen molar-refractivity contribution in [2.75, 3.05) is 18.5 Å². The van der Waals surface area contributed by atoms with E-state index < -0.39 is 0 Å². The van der Waals surface area contributed by atoms with Crippen LogP contribution < -0.4 is 15.4 Å². The van der Waals surface area contributed by atoms with Gasteiger partial charge in [0.25, 0.3) is 5.91 Å². The SMILES string of the molecule is O=C(NCc1ccc(Cl)cc1)c1cccc2c1OCCN2. The summed E-state index contributed by atoms with van der Waals surface area (Å²) in [7, 11) is 0. The Hall–Kier alpha value is -2.20. The number of amides is 1. The molecule has 0 saturated carbocycles. The normalized spacial score (nSPS) is 12.8. The van der Waals surface area contributed by atoms with Crippen molar-refractivity contribution in [1.29, 1.82) is 0 Å². The average Bonchev–Trinajstić information content (AvgIpc) is 2.53. The molecule has 0 unspecified atom stereocenters. The van der Waals surface area contributed by atoms with Crippen molar-refractivity contribution in [3.8, 4) is 5.75 Å². The van der Waals surface area contributed by atoms with Gasteiger partial charge in [-0.2, -0.15) is 0 Å². The number of fused-ring (bicyclic) bond motifs is 1. The van der Waals surface area contributed by atoms with E-state index in [0.717, 1.165) is 17.8 Å². The summed E-state index contributed by atoms with van der Waals surface area (Å²) in [6.07, 6.45) is 0. The molecule has 4 nitrogen and oxygen atoms in total. The fourth-order valence-corrected chi connectivity index (χ4v) is 2.36. The van der Waals surface area contributed by atoms with Crippen LogP contribution in [0.4, 0.5) is 5.69 Å². The summed E-state index contributed by atoms with van der Waals surface area (Å²) < 4.78 is 5.60. The van der Waals surface area contributed by atoms with Crippen molar-refractivity contribution < 1.29 is 9.53 Å². The molecular formula is C16H15ClN2O2. The monoisotopic (exact) mass is 302 g/mol. The van der Waals surface area contributed by atoms with Crippen LogP contribution in [0.1, 0.15) is 15.9 Å². The summed E-state index contributed by atoms with van der Waals surface area (Å²) in [5.74, 6) is 0.475. The largest absolute Gasteiger partial charge is 0.489 e. The molecule has 5 heteroatoms. The number of para-hydroxylation sites is 1. The van der Waals surface area contributed by atoms with Gasteiger partial charge in [0, 0.05) is 18.1 Å². The van der Waals surface area contributed by atoms with Gasteiger partial charge >= 0.3 is 0 Å². The third kappa shape index (κ3) is 3.11. The Morgan fingerprint density at radius 2 is 2.05 bits per heavy atom. The van der Waals surface area contributed by atoms with Crippen LogP contribution in [-0.2, 0) is 6.54 Å². The number of benzene rings is 2. The second kappa shape index (κ2) is 6.06. The van der Waals surface area contributed by atoms with Crippen LogP contribution in [0.3, 0.4) is 0 Å². The standard InChI is InChI=1S/C16H15ClN2O2/c17-12-6-4-11(5-7-12)10-19-16(20)13-2-1-3-14-15(13)21-9-8-18-14/h1-7,18H,8-10H2,(H,19,20). The fraction of sp³-hybridized carbons (Fsp3) is 0.188. The van der Waals surface area contributed by atoms with Crippen LogP contribution in [0.15, 0.2) is 42.5 Å². The predicted octanol–water partition coefficient (Wildman–Crippen LogP) is 3.07. The van der Waals surface area contributed by atoms with E-state index in [2.05, 4.69) is 10.6 Å². The Morgan fingerprint density at radius 3 is 2.86 bits per heavy atom. The maximum absolute atomic E-state index is 12.3. The summed E-state index contributed by atoms with van der Waals surface area (Å²) in [6, 6.07) is 12.9. The van der Waals surface area contributed by atoms with Gasteiger partial charge in [-0.05, 0) is 29.8 Å². The number of carbonyl (C=O) groups excluding carboxylic acids is 1. The molecule has 21 heavy (non-hydrogen) atoms. The van der Waals surface area contributed by atoms with E-state index >= 15 is 0 Å². The minimum absolute atomic E-state index is 0.148. The molecule has 0 radical (unpaired) electrons. The van der Waals surface area contributed by atoms with Crippen LogP contribution in [0.2, 0.25) is 5.02 Å². The second-order valence-corrected chi connectivity index (χ2v) is 5.20. The molecule has 2 aromatic carbocycles. The Kier molecular flexibility index (Phi) is 3.97. The number of carbonyl (C=O) groups is 1. The van der Waals surface area contributed by atoms with Gasteiger partial charge < -0.3 is 15.4 Å². The van der Waals surface area contributed by atoms with E-state index in [1.165, 1.54) is 0 Å². The highest BCUT2D eigenvalue weighted by molar-refractivity contribution is 6.30. The van der Waals surface area contributed by atoms with Crippen molar-refractivity contribution in [3.63, 3.8) is 0 Å². The number of ether oxygens (including phenoxy) is 1. The van der Waals surface area contributed by atoms with Gasteiger partial charge in [-0.1, -0.05) is 29.8 Å². The molecule has 108 valence electrons. The number of hydrogen-bond acceptors (Lipinski definition) is 3. The van der Waals surface area contributed by atoms with Gasteiger partial charge in [0.1, 0.15) is 6.61 Å². The molecule has 1 aliphatic heterocycles. The molecule has 2 aromatic rings. The Labute approximate surface area is 128 Å². The first kappa shape index (κ1) is 13.8. The number of rotatable bonds is 3. The van der Waals surface area contributed by atoms with Crippen LogP contribution in [-0.4, -0.2) is 19.1 Å². The lowest BCUT2D eigenvalue weighted by atomic mass is 10.1. The molecule has 1 aliphatic rings. The Bertz CT molecular complexity index is 656. The van der Waals surface area contributed by atoms with Crippen molar-refractivity contribution in [2.45, 2.75) is 6.54 Å². The zero-order chi connectivity index (χ0) is 14.7. The van der Waals surface area contributed by atoms with Gasteiger partial charge in [0.15, 0.2) is 5.75 Å². The molecule has 0 aromatic heterocycles. The number of nitrogens with one attached hydrogen (secondary N) is 2. The summed E-state index contributed by atoms with van der Waals surface area (Å²) >= 11 is 5.84. The predicted molar refractivity (Wildman–Crippen MR) is 83.0 cm³/mol. The molecule has 0 bridgehead atoms. The van der Waals surface area contributed by atoms with E-state index in [4.69, 9.17) is 16.3 Å². The van der Waals surface area contributed by atoms with E-state index in [0.29, 0.717) is 29.5 Å². The quantitative estimate of drug-likeness (QED) is 0.916. The van der Waals surface area contributed by atoms with Crippen molar-refractivity contribution in [1.82, 2.24) is 5.32 Å². The lowest BCUT2D eigenvalue weighted by Crippen LogP contribution is -2.26. The van der Waals surface area contributed by atoms with Gasteiger partial charge in [0.2, 0.25) is 0 Å². The van der Waals surface area contributed by atoms with E-state index in [1.807, 2.05) is 24.3 Å². The zero-order valence-electron chi connectivity index (χ0n) is 11.4. The minimum atomic E-state index is -0.148.